The van der Waals surface area contributed by atoms with Crippen LogP contribution < -0.4 is 20.1 Å². The van der Waals surface area contributed by atoms with E-state index in [2.05, 4.69) is 20.6 Å². The van der Waals surface area contributed by atoms with Gasteiger partial charge in [0.1, 0.15) is 29.0 Å². The first kappa shape index (κ1) is 18.8. The van der Waals surface area contributed by atoms with Crippen molar-refractivity contribution in [2.24, 2.45) is 0 Å². The summed E-state index contributed by atoms with van der Waals surface area (Å²) in [4.78, 5) is 8.90. The first-order valence-electron chi connectivity index (χ1n) is 8.54. The number of rotatable bonds is 7. The first-order chi connectivity index (χ1) is 13.1. The van der Waals surface area contributed by atoms with Gasteiger partial charge in [-0.15, -0.1) is 0 Å². The number of nitrogens with zero attached hydrogens (tertiary/aromatic N) is 2. The van der Waals surface area contributed by atoms with E-state index in [0.717, 1.165) is 17.1 Å². The second kappa shape index (κ2) is 8.60. The van der Waals surface area contributed by atoms with Gasteiger partial charge in [-0.05, 0) is 44.2 Å². The van der Waals surface area contributed by atoms with Crippen molar-refractivity contribution in [3.8, 4) is 11.5 Å². The molecule has 0 fully saturated rings. The van der Waals surface area contributed by atoms with Gasteiger partial charge in [0.25, 0.3) is 0 Å². The summed E-state index contributed by atoms with van der Waals surface area (Å²) < 4.78 is 11.0. The van der Waals surface area contributed by atoms with Gasteiger partial charge >= 0.3 is 0 Å². The number of aryl methyl sites for hydroxylation is 1. The fourth-order valence-electron chi connectivity index (χ4n) is 2.60. The monoisotopic (exact) mass is 384 g/mol. The van der Waals surface area contributed by atoms with Gasteiger partial charge in [-0.3, -0.25) is 0 Å². The van der Waals surface area contributed by atoms with E-state index in [1.165, 1.54) is 0 Å². The average Bonchev–Trinajstić information content (AvgIpc) is 2.63. The van der Waals surface area contributed by atoms with Gasteiger partial charge in [-0.2, -0.15) is 0 Å². The number of halogens is 1. The highest BCUT2D eigenvalue weighted by Crippen LogP contribution is 2.31. The van der Waals surface area contributed by atoms with Gasteiger partial charge in [0, 0.05) is 11.1 Å². The van der Waals surface area contributed by atoms with Crippen LogP contribution in [-0.4, -0.2) is 23.7 Å². The van der Waals surface area contributed by atoms with Crippen LogP contribution in [0.5, 0.6) is 11.5 Å². The van der Waals surface area contributed by atoms with E-state index >= 15 is 0 Å². The lowest BCUT2D eigenvalue weighted by molar-refractivity contribution is 0.342. The van der Waals surface area contributed by atoms with Gasteiger partial charge in [-0.1, -0.05) is 23.7 Å². The molecule has 27 heavy (non-hydrogen) atoms. The van der Waals surface area contributed by atoms with Crippen LogP contribution in [0, 0.1) is 6.92 Å². The molecule has 2 N–H and O–H groups in total. The molecule has 2 aromatic carbocycles. The topological polar surface area (TPSA) is 68.3 Å². The Balaban J connectivity index is 1.88. The largest absolute Gasteiger partial charge is 0.495 e. The minimum absolute atomic E-state index is 0.586. The molecule has 0 radical (unpaired) electrons. The highest BCUT2D eigenvalue weighted by Gasteiger charge is 2.09. The predicted molar refractivity (Wildman–Crippen MR) is 109 cm³/mol. The molecule has 0 aliphatic rings. The number of anilines is 4. The molecule has 1 aromatic heterocycles. The van der Waals surface area contributed by atoms with Crippen LogP contribution in [0.2, 0.25) is 5.02 Å². The summed E-state index contributed by atoms with van der Waals surface area (Å²) in [6.45, 7) is 4.37. The third-order valence-corrected chi connectivity index (χ3v) is 3.95. The third kappa shape index (κ3) is 4.80. The Morgan fingerprint density at radius 1 is 0.926 bits per heavy atom. The minimum Gasteiger partial charge on any atom is -0.495 e. The van der Waals surface area contributed by atoms with E-state index in [9.17, 15) is 0 Å². The van der Waals surface area contributed by atoms with Crippen molar-refractivity contribution in [3.63, 3.8) is 0 Å². The summed E-state index contributed by atoms with van der Waals surface area (Å²) >= 11 is 6.10. The van der Waals surface area contributed by atoms with Crippen molar-refractivity contribution in [2.45, 2.75) is 13.8 Å². The molecular weight excluding hydrogens is 364 g/mol. The summed E-state index contributed by atoms with van der Waals surface area (Å²) in [5, 5.41) is 7.13. The number of aromatic nitrogens is 2. The van der Waals surface area contributed by atoms with Crippen LogP contribution in [-0.2, 0) is 0 Å². The average molecular weight is 385 g/mol. The molecule has 1 heterocycles. The van der Waals surface area contributed by atoms with E-state index in [1.54, 1.807) is 25.3 Å². The Kier molecular flexibility index (Phi) is 5.98. The van der Waals surface area contributed by atoms with Crippen molar-refractivity contribution in [1.82, 2.24) is 9.97 Å². The lowest BCUT2D eigenvalue weighted by Crippen LogP contribution is -2.03. The number of nitrogens with one attached hydrogen (secondary N) is 2. The summed E-state index contributed by atoms with van der Waals surface area (Å²) in [6.07, 6.45) is 0. The van der Waals surface area contributed by atoms with Gasteiger partial charge in [-0.25, -0.2) is 9.97 Å². The van der Waals surface area contributed by atoms with Crippen molar-refractivity contribution < 1.29 is 9.47 Å². The van der Waals surface area contributed by atoms with Gasteiger partial charge < -0.3 is 20.1 Å². The standard InChI is InChI=1S/C20H21ClN4O2/c1-4-27-18-8-6-5-7-15(18)24-19-12-20(23-13(2)22-19)25-16-11-14(21)9-10-17(16)26-3/h5-12H,4H2,1-3H3,(H2,22,23,24,25). The van der Waals surface area contributed by atoms with E-state index in [1.807, 2.05) is 44.2 Å². The summed E-state index contributed by atoms with van der Waals surface area (Å²) in [7, 11) is 1.61. The molecule has 6 nitrogen and oxygen atoms in total. The lowest BCUT2D eigenvalue weighted by atomic mass is 10.2. The smallest absolute Gasteiger partial charge is 0.142 e. The normalized spacial score (nSPS) is 10.4. The van der Waals surface area contributed by atoms with Crippen molar-refractivity contribution in [3.05, 3.63) is 59.4 Å². The number of para-hydroxylation sites is 2. The molecule has 3 rings (SSSR count). The SMILES string of the molecule is CCOc1ccccc1Nc1cc(Nc2cc(Cl)ccc2OC)nc(C)n1. The van der Waals surface area contributed by atoms with Gasteiger partial charge in [0.05, 0.1) is 25.1 Å². The van der Waals surface area contributed by atoms with Gasteiger partial charge in [0.2, 0.25) is 0 Å². The molecular formula is C20H21ClN4O2. The number of hydrogen-bond donors (Lipinski definition) is 2. The summed E-state index contributed by atoms with van der Waals surface area (Å²) in [5.74, 6) is 3.34. The molecule has 0 amide bonds. The molecule has 0 atom stereocenters. The van der Waals surface area contributed by atoms with Gasteiger partial charge in [0.15, 0.2) is 0 Å². The summed E-state index contributed by atoms with van der Waals surface area (Å²) in [6, 6.07) is 14.9. The molecule has 140 valence electrons. The van der Waals surface area contributed by atoms with E-state index in [-0.39, 0.29) is 0 Å². The van der Waals surface area contributed by atoms with Crippen molar-refractivity contribution in [1.29, 1.82) is 0 Å². The van der Waals surface area contributed by atoms with Crippen LogP contribution >= 0.6 is 11.6 Å². The third-order valence-electron chi connectivity index (χ3n) is 3.71. The number of hydrogen-bond acceptors (Lipinski definition) is 6. The van der Waals surface area contributed by atoms with Crippen LogP contribution in [0.15, 0.2) is 48.5 Å². The molecule has 0 unspecified atom stereocenters. The highest BCUT2D eigenvalue weighted by molar-refractivity contribution is 6.31. The Morgan fingerprint density at radius 3 is 2.33 bits per heavy atom. The quantitative estimate of drug-likeness (QED) is 0.573. The summed E-state index contributed by atoms with van der Waals surface area (Å²) in [5.41, 5.74) is 1.56. The molecule has 0 aliphatic heterocycles. The highest BCUT2D eigenvalue weighted by atomic mass is 35.5. The first-order valence-corrected chi connectivity index (χ1v) is 8.92. The zero-order valence-corrected chi connectivity index (χ0v) is 16.2. The van der Waals surface area contributed by atoms with E-state index < -0.39 is 0 Å². The Bertz CT molecular complexity index is 934. The molecule has 0 bridgehead atoms. The van der Waals surface area contributed by atoms with Crippen LogP contribution in [0.25, 0.3) is 0 Å². The maximum absolute atomic E-state index is 6.10. The van der Waals surface area contributed by atoms with E-state index in [4.69, 9.17) is 21.1 Å². The van der Waals surface area contributed by atoms with Crippen LogP contribution in [0.1, 0.15) is 12.7 Å². The molecule has 0 saturated heterocycles. The van der Waals surface area contributed by atoms with Crippen LogP contribution in [0.3, 0.4) is 0 Å². The molecule has 0 spiro atoms. The zero-order chi connectivity index (χ0) is 19.2. The fraction of sp³-hybridized carbons (Fsp3) is 0.200. The Hall–Kier alpha value is -2.99. The Morgan fingerprint density at radius 2 is 1.63 bits per heavy atom. The lowest BCUT2D eigenvalue weighted by Gasteiger charge is -2.14. The van der Waals surface area contributed by atoms with E-state index in [0.29, 0.717) is 34.8 Å². The molecule has 7 heteroatoms. The van der Waals surface area contributed by atoms with Crippen molar-refractivity contribution in [2.75, 3.05) is 24.4 Å². The molecule has 0 aliphatic carbocycles. The zero-order valence-electron chi connectivity index (χ0n) is 15.4. The molecule has 0 saturated carbocycles. The number of methoxy groups -OCH3 is 1. The Labute approximate surface area is 163 Å². The van der Waals surface area contributed by atoms with Crippen molar-refractivity contribution >= 4 is 34.6 Å². The number of benzene rings is 2. The second-order valence-corrected chi connectivity index (χ2v) is 6.15. The second-order valence-electron chi connectivity index (χ2n) is 5.71. The number of ether oxygens (including phenoxy) is 2. The maximum atomic E-state index is 6.10. The fourth-order valence-corrected chi connectivity index (χ4v) is 2.77. The predicted octanol–water partition coefficient (Wildman–Crippen LogP) is 5.33. The minimum atomic E-state index is 0.586. The molecule has 3 aromatic rings. The maximum Gasteiger partial charge on any atom is 0.142 e. The van der Waals surface area contributed by atoms with Crippen LogP contribution in [0.4, 0.5) is 23.0 Å².